The van der Waals surface area contributed by atoms with E-state index in [0.717, 1.165) is 19.3 Å². The SMILES string of the molecule is C[C@H]1C(N)O[C@@H]2O[C@@]3(C)CCC4[C@H](C)CCC1C42OO3.[Ar]. The maximum Gasteiger partial charge on any atom is 0.201 e. The molecule has 0 aromatic carbocycles. The monoisotopic (exact) mass is 323 g/mol. The largest absolute Gasteiger partial charge is 0.331 e. The van der Waals surface area contributed by atoms with Gasteiger partial charge < -0.3 is 15.2 Å². The van der Waals surface area contributed by atoms with Crippen molar-refractivity contribution in [1.29, 1.82) is 0 Å². The number of rotatable bonds is 0. The smallest absolute Gasteiger partial charge is 0.201 e. The Kier molecular flexibility index (Phi) is 4.47. The van der Waals surface area contributed by atoms with Gasteiger partial charge in [-0.1, -0.05) is 13.8 Å². The Labute approximate surface area is 156 Å². The van der Waals surface area contributed by atoms with Gasteiger partial charge in [0.1, 0.15) is 6.23 Å². The molecule has 0 amide bonds. The van der Waals surface area contributed by atoms with E-state index >= 15 is 0 Å². The van der Waals surface area contributed by atoms with Crippen molar-refractivity contribution in [3.05, 3.63) is 0 Å². The van der Waals surface area contributed by atoms with E-state index in [1.807, 2.05) is 6.92 Å². The zero-order chi connectivity index (χ0) is 14.1. The molecule has 122 valence electrons. The first-order chi connectivity index (χ1) is 9.46. The molecule has 1 aliphatic carbocycles. The molecule has 1 saturated carbocycles. The predicted octanol–water partition coefficient (Wildman–Crippen LogP) is 2.15. The molecule has 4 aliphatic heterocycles. The molecule has 5 aliphatic rings. The van der Waals surface area contributed by atoms with E-state index in [-0.39, 0.29) is 49.9 Å². The average Bonchev–Trinajstić information content (AvgIpc) is 2.63. The summed E-state index contributed by atoms with van der Waals surface area (Å²) in [5.41, 5.74) is 5.71. The van der Waals surface area contributed by atoms with Gasteiger partial charge in [0.2, 0.25) is 5.79 Å². The Balaban J connectivity index is 0.00000132. The molecule has 0 aromatic heterocycles. The van der Waals surface area contributed by atoms with Crippen LogP contribution >= 0.6 is 0 Å². The minimum Gasteiger partial charge on any atom is -0.331 e. The third kappa shape index (κ3) is 2.27. The minimum absolute atomic E-state index is 0. The summed E-state index contributed by atoms with van der Waals surface area (Å²) in [6, 6.07) is 0. The molecule has 5 rings (SSSR count). The molecule has 8 atom stereocenters. The Morgan fingerprint density at radius 2 is 1.81 bits per heavy atom. The van der Waals surface area contributed by atoms with Crippen LogP contribution in [0.5, 0.6) is 0 Å². The summed E-state index contributed by atoms with van der Waals surface area (Å²) in [6.07, 6.45) is 3.57. The second-order valence-electron chi connectivity index (χ2n) is 7.37. The van der Waals surface area contributed by atoms with Gasteiger partial charge in [0.05, 0.1) is 0 Å². The molecule has 0 aromatic rings. The molecule has 5 nitrogen and oxygen atoms in total. The van der Waals surface area contributed by atoms with Gasteiger partial charge in [0, 0.05) is 56.0 Å². The molecule has 4 unspecified atom stereocenters. The first-order valence-electron chi connectivity index (χ1n) is 7.92. The van der Waals surface area contributed by atoms with Gasteiger partial charge in [-0.3, -0.25) is 0 Å². The molecule has 1 spiro atoms. The minimum atomic E-state index is -0.697. The van der Waals surface area contributed by atoms with Crippen LogP contribution in [0.1, 0.15) is 46.5 Å². The summed E-state index contributed by atoms with van der Waals surface area (Å²) in [6.45, 7) is 6.41. The standard InChI is InChI=1S/C15H25NO4.Ar/c1-8-4-5-11-9(2)12(16)17-13-15(11)10(8)6-7-14(3,18-13)19-20-15;/h8-13H,4-7,16H2,1-3H3;/t8-,9-,10?,11?,12?,13-,14-,15?;/m1./s1. The zero-order valence-corrected chi connectivity index (χ0v) is 13.6. The Morgan fingerprint density at radius 3 is 2.57 bits per heavy atom. The fourth-order valence-electron chi connectivity index (χ4n) is 4.93. The normalized spacial score (nSPS) is 58.9. The van der Waals surface area contributed by atoms with Crippen molar-refractivity contribution in [2.24, 2.45) is 29.4 Å². The first-order valence-corrected chi connectivity index (χ1v) is 7.92. The molecular formula is C15H25ArNO4. The van der Waals surface area contributed by atoms with Crippen LogP contribution in [0.3, 0.4) is 0 Å². The molecule has 2 bridgehead atoms. The fourth-order valence-corrected chi connectivity index (χ4v) is 4.93. The molecule has 21 heavy (non-hydrogen) atoms. The molecule has 4 heterocycles. The summed E-state index contributed by atoms with van der Waals surface area (Å²) in [4.78, 5) is 11.7. The van der Waals surface area contributed by atoms with Crippen molar-refractivity contribution in [2.75, 3.05) is 0 Å². The van der Waals surface area contributed by atoms with Crippen LogP contribution in [0.15, 0.2) is 0 Å². The molecular weight excluding hydrogens is 298 g/mol. The van der Waals surface area contributed by atoms with E-state index in [4.69, 9.17) is 25.0 Å². The van der Waals surface area contributed by atoms with Gasteiger partial charge in [-0.25, -0.2) is 9.78 Å². The second-order valence-corrected chi connectivity index (χ2v) is 7.37. The van der Waals surface area contributed by atoms with Crippen LogP contribution in [0, 0.1) is 61.4 Å². The molecule has 4 saturated heterocycles. The van der Waals surface area contributed by atoms with Crippen LogP contribution < -0.4 is 5.73 Å². The van der Waals surface area contributed by atoms with Gasteiger partial charge in [0.25, 0.3) is 0 Å². The van der Waals surface area contributed by atoms with Crippen LogP contribution in [0.25, 0.3) is 0 Å². The average molecular weight is 323 g/mol. The van der Waals surface area contributed by atoms with Crippen LogP contribution in [0.4, 0.5) is 0 Å². The van der Waals surface area contributed by atoms with Gasteiger partial charge in [-0.15, -0.1) is 0 Å². The Bertz CT molecular complexity index is 420. The van der Waals surface area contributed by atoms with E-state index < -0.39 is 17.7 Å². The molecule has 5 fully saturated rings. The molecule has 2 N–H and O–H groups in total. The van der Waals surface area contributed by atoms with Crippen molar-refractivity contribution >= 4 is 0 Å². The third-order valence-electron chi connectivity index (χ3n) is 6.21. The summed E-state index contributed by atoms with van der Waals surface area (Å²) in [7, 11) is 0. The Hall–Kier alpha value is 1.06. The van der Waals surface area contributed by atoms with E-state index in [0.29, 0.717) is 17.8 Å². The number of nitrogens with two attached hydrogens (primary N) is 1. The quantitative estimate of drug-likeness (QED) is 0.692. The van der Waals surface area contributed by atoms with E-state index in [2.05, 4.69) is 13.8 Å². The number of hydrogen-bond donors (Lipinski definition) is 1. The molecule has 0 radical (unpaired) electrons. The van der Waals surface area contributed by atoms with E-state index in [1.165, 1.54) is 6.42 Å². The number of ether oxygens (including phenoxy) is 2. The van der Waals surface area contributed by atoms with Crippen molar-refractivity contribution in [3.8, 4) is 0 Å². The van der Waals surface area contributed by atoms with Crippen LogP contribution in [0.2, 0.25) is 0 Å². The second kappa shape index (κ2) is 5.55. The van der Waals surface area contributed by atoms with E-state index in [9.17, 15) is 0 Å². The zero-order valence-electron chi connectivity index (χ0n) is 12.9. The summed E-state index contributed by atoms with van der Waals surface area (Å²) >= 11 is 0. The van der Waals surface area contributed by atoms with Gasteiger partial charge >= 0.3 is 0 Å². The topological polar surface area (TPSA) is 62.9 Å². The maximum atomic E-state index is 6.18. The van der Waals surface area contributed by atoms with Crippen molar-refractivity contribution in [1.82, 2.24) is 0 Å². The number of hydrogen-bond acceptors (Lipinski definition) is 5. The summed E-state index contributed by atoms with van der Waals surface area (Å²) < 4.78 is 12.2. The summed E-state index contributed by atoms with van der Waals surface area (Å²) in [5, 5.41) is 0. The van der Waals surface area contributed by atoms with Crippen LogP contribution in [-0.2, 0) is 19.2 Å². The van der Waals surface area contributed by atoms with Gasteiger partial charge in [-0.2, -0.15) is 0 Å². The van der Waals surface area contributed by atoms with Crippen molar-refractivity contribution < 1.29 is 57.0 Å². The van der Waals surface area contributed by atoms with Gasteiger partial charge in [0.15, 0.2) is 11.9 Å². The maximum absolute atomic E-state index is 6.18. The first kappa shape index (κ1) is 16.9. The Morgan fingerprint density at radius 1 is 1.05 bits per heavy atom. The fraction of sp³-hybridized carbons (Fsp3) is 1.00. The van der Waals surface area contributed by atoms with Crippen molar-refractivity contribution in [2.45, 2.75) is 70.4 Å². The molecule has 6 heteroatoms. The number of fused-ring (bicyclic) bond motifs is 2. The summed E-state index contributed by atoms with van der Waals surface area (Å²) in [5.74, 6) is 0.936. The van der Waals surface area contributed by atoms with Crippen molar-refractivity contribution in [3.63, 3.8) is 0 Å². The van der Waals surface area contributed by atoms with E-state index in [1.54, 1.807) is 0 Å². The third-order valence-corrected chi connectivity index (χ3v) is 6.21. The predicted molar refractivity (Wildman–Crippen MR) is 71.0 cm³/mol. The van der Waals surface area contributed by atoms with Crippen LogP contribution in [-0.4, -0.2) is 23.9 Å². The van der Waals surface area contributed by atoms with Gasteiger partial charge in [-0.05, 0) is 38.0 Å².